The summed E-state index contributed by atoms with van der Waals surface area (Å²) in [6.07, 6.45) is 3.27. The van der Waals surface area contributed by atoms with Crippen molar-refractivity contribution in [1.82, 2.24) is 14.8 Å². The van der Waals surface area contributed by atoms with E-state index >= 15 is 0 Å². The smallest absolute Gasteiger partial charge is 0.158 e. The molecule has 2 aromatic rings. The topological polar surface area (TPSA) is 69.1 Å². The second kappa shape index (κ2) is 6.85. The third-order valence-corrected chi connectivity index (χ3v) is 2.74. The van der Waals surface area contributed by atoms with Gasteiger partial charge in [-0.25, -0.2) is 19.0 Å². The Kier molecular flexibility index (Phi) is 5.73. The lowest BCUT2D eigenvalue weighted by Gasteiger charge is -2.03. The zero-order chi connectivity index (χ0) is 13.1. The first-order valence-electron chi connectivity index (χ1n) is 5.16. The molecule has 0 saturated carbocycles. The van der Waals surface area contributed by atoms with Gasteiger partial charge in [0.1, 0.15) is 17.8 Å². The number of thioether (sulfide) groups is 1. The molecule has 0 aliphatic heterocycles. The van der Waals surface area contributed by atoms with Crippen LogP contribution in [0.2, 0.25) is 0 Å². The fourth-order valence-electron chi connectivity index (χ4n) is 1.39. The molecule has 0 saturated heterocycles. The summed E-state index contributed by atoms with van der Waals surface area (Å²) in [6, 6.07) is 4.59. The Bertz CT molecular complexity index is 599. The molecule has 102 valence electrons. The lowest BCUT2D eigenvalue weighted by Crippen LogP contribution is -2.04. The van der Waals surface area contributed by atoms with Crippen molar-refractivity contribution in [2.45, 2.75) is 6.92 Å². The van der Waals surface area contributed by atoms with Gasteiger partial charge in [-0.15, -0.1) is 24.0 Å². The van der Waals surface area contributed by atoms with Crippen LogP contribution in [0.3, 0.4) is 0 Å². The van der Waals surface area contributed by atoms with Crippen LogP contribution in [0.5, 0.6) is 0 Å². The fraction of sp³-hybridized carbons (Fsp3) is 0.182. The number of aromatic nitrogens is 3. The molecule has 0 aliphatic rings. The van der Waals surface area contributed by atoms with Crippen LogP contribution in [-0.4, -0.2) is 26.2 Å². The van der Waals surface area contributed by atoms with Crippen molar-refractivity contribution in [2.24, 2.45) is 10.7 Å². The number of amidine groups is 1. The highest BCUT2D eigenvalue weighted by Crippen LogP contribution is 2.20. The van der Waals surface area contributed by atoms with Crippen molar-refractivity contribution in [3.63, 3.8) is 0 Å². The molecular weight excluding hydrogens is 380 g/mol. The molecular formula is C11H13FIN5S. The van der Waals surface area contributed by atoms with E-state index in [2.05, 4.69) is 15.1 Å². The van der Waals surface area contributed by atoms with Crippen molar-refractivity contribution in [1.29, 1.82) is 0 Å². The number of aliphatic imine (C=N–C) groups is 1. The molecule has 1 aromatic heterocycles. The summed E-state index contributed by atoms with van der Waals surface area (Å²) in [5.41, 5.74) is 6.37. The van der Waals surface area contributed by atoms with Crippen LogP contribution in [0.25, 0.3) is 5.69 Å². The molecule has 0 amide bonds. The van der Waals surface area contributed by atoms with Gasteiger partial charge in [0.05, 0.1) is 5.69 Å². The largest absolute Gasteiger partial charge is 0.378 e. The first-order valence-corrected chi connectivity index (χ1v) is 6.39. The van der Waals surface area contributed by atoms with Gasteiger partial charge in [-0.3, -0.25) is 0 Å². The number of nitrogens with zero attached hydrogens (tertiary/aromatic N) is 4. The molecule has 0 spiro atoms. The molecule has 5 nitrogen and oxygen atoms in total. The van der Waals surface area contributed by atoms with Crippen LogP contribution in [0.15, 0.2) is 29.5 Å². The molecule has 1 aromatic carbocycles. The van der Waals surface area contributed by atoms with Gasteiger partial charge in [0.2, 0.25) is 0 Å². The third-order valence-electron chi connectivity index (χ3n) is 2.23. The zero-order valence-corrected chi connectivity index (χ0v) is 13.5. The summed E-state index contributed by atoms with van der Waals surface area (Å²) >= 11 is 1.31. The number of rotatable bonds is 2. The van der Waals surface area contributed by atoms with Gasteiger partial charge in [0, 0.05) is 6.07 Å². The number of hydrogen-bond donors (Lipinski definition) is 1. The van der Waals surface area contributed by atoms with E-state index in [9.17, 15) is 4.39 Å². The van der Waals surface area contributed by atoms with Gasteiger partial charge in [-0.2, -0.15) is 5.10 Å². The minimum atomic E-state index is -0.421. The monoisotopic (exact) mass is 393 g/mol. The standard InChI is InChI=1S/C11H12FN5S.HI/c1-7-14-6-17(16-7)10-4-3-8(5-9(10)12)15-11(13)18-2;/h3-6H,1-2H3,(H2,13,15);1H. The third kappa shape index (κ3) is 3.90. The number of hydrogen-bond acceptors (Lipinski definition) is 4. The van der Waals surface area contributed by atoms with Crippen molar-refractivity contribution < 1.29 is 4.39 Å². The summed E-state index contributed by atoms with van der Waals surface area (Å²) < 4.78 is 15.3. The number of aryl methyl sites for hydroxylation is 1. The van der Waals surface area contributed by atoms with Gasteiger partial charge < -0.3 is 5.73 Å². The minimum absolute atomic E-state index is 0. The first kappa shape index (κ1) is 15.9. The Balaban J connectivity index is 0.00000180. The summed E-state index contributed by atoms with van der Waals surface area (Å²) in [7, 11) is 0. The normalized spacial score (nSPS) is 11.2. The van der Waals surface area contributed by atoms with Crippen LogP contribution in [0.1, 0.15) is 5.82 Å². The second-order valence-electron chi connectivity index (χ2n) is 3.53. The van der Waals surface area contributed by atoms with Gasteiger partial charge in [-0.05, 0) is 25.3 Å². The van der Waals surface area contributed by atoms with E-state index in [0.717, 1.165) is 0 Å². The number of halogens is 2. The van der Waals surface area contributed by atoms with E-state index in [0.29, 0.717) is 22.4 Å². The quantitative estimate of drug-likeness (QED) is 0.484. The lowest BCUT2D eigenvalue weighted by atomic mass is 10.2. The van der Waals surface area contributed by atoms with Gasteiger partial charge in [-0.1, -0.05) is 11.8 Å². The molecule has 8 heteroatoms. The first-order chi connectivity index (χ1) is 8.60. The highest BCUT2D eigenvalue weighted by Gasteiger charge is 2.07. The highest BCUT2D eigenvalue weighted by atomic mass is 127. The minimum Gasteiger partial charge on any atom is -0.378 e. The molecule has 19 heavy (non-hydrogen) atoms. The predicted molar refractivity (Wildman–Crippen MR) is 86.3 cm³/mol. The summed E-state index contributed by atoms with van der Waals surface area (Å²) in [5, 5.41) is 4.44. The molecule has 0 fully saturated rings. The highest BCUT2D eigenvalue weighted by molar-refractivity contribution is 14.0. The maximum Gasteiger partial charge on any atom is 0.158 e. The van der Waals surface area contributed by atoms with Crippen LogP contribution in [0, 0.1) is 12.7 Å². The van der Waals surface area contributed by atoms with E-state index in [1.807, 2.05) is 6.26 Å². The Morgan fingerprint density at radius 2 is 2.21 bits per heavy atom. The van der Waals surface area contributed by atoms with Gasteiger partial charge >= 0.3 is 0 Å². The van der Waals surface area contributed by atoms with Crippen molar-refractivity contribution in [3.8, 4) is 5.69 Å². The summed E-state index contributed by atoms with van der Waals surface area (Å²) in [4.78, 5) is 8.00. The average Bonchev–Trinajstić information content (AvgIpc) is 2.75. The fourth-order valence-corrected chi connectivity index (χ4v) is 1.58. The summed E-state index contributed by atoms with van der Waals surface area (Å²) in [5.74, 6) is 0.165. The predicted octanol–water partition coefficient (Wildman–Crippen LogP) is 2.64. The van der Waals surface area contributed by atoms with Gasteiger partial charge in [0.15, 0.2) is 11.0 Å². The number of nitrogens with two attached hydrogens (primary N) is 1. The molecule has 2 N–H and O–H groups in total. The molecule has 0 bridgehead atoms. The Labute approximate surface area is 131 Å². The van der Waals surface area contributed by atoms with Crippen LogP contribution >= 0.6 is 35.7 Å². The maximum absolute atomic E-state index is 13.9. The SMILES string of the molecule is CSC(N)=Nc1ccc(-n2cnc(C)n2)c(F)c1.I. The van der Waals surface area contributed by atoms with E-state index in [1.165, 1.54) is 28.8 Å². The molecule has 0 unspecified atom stereocenters. The lowest BCUT2D eigenvalue weighted by molar-refractivity contribution is 0.610. The van der Waals surface area contributed by atoms with Crippen LogP contribution < -0.4 is 5.73 Å². The number of benzene rings is 1. The molecule has 0 radical (unpaired) electrons. The van der Waals surface area contributed by atoms with Crippen molar-refractivity contribution >= 4 is 46.6 Å². The van der Waals surface area contributed by atoms with E-state index in [1.54, 1.807) is 19.1 Å². The van der Waals surface area contributed by atoms with E-state index < -0.39 is 5.82 Å². The van der Waals surface area contributed by atoms with Gasteiger partial charge in [0.25, 0.3) is 0 Å². The van der Waals surface area contributed by atoms with Crippen molar-refractivity contribution in [2.75, 3.05) is 6.26 Å². The van der Waals surface area contributed by atoms with Crippen molar-refractivity contribution in [3.05, 3.63) is 36.2 Å². The molecule has 1 heterocycles. The summed E-state index contributed by atoms with van der Waals surface area (Å²) in [6.45, 7) is 1.74. The second-order valence-corrected chi connectivity index (χ2v) is 4.35. The van der Waals surface area contributed by atoms with Crippen LogP contribution in [-0.2, 0) is 0 Å². The average molecular weight is 393 g/mol. The van der Waals surface area contributed by atoms with Crippen LogP contribution in [0.4, 0.5) is 10.1 Å². The molecule has 2 rings (SSSR count). The molecule has 0 aliphatic carbocycles. The Morgan fingerprint density at radius 1 is 1.47 bits per heavy atom. The molecule has 0 atom stereocenters. The van der Waals surface area contributed by atoms with E-state index in [4.69, 9.17) is 5.73 Å². The maximum atomic E-state index is 13.9. The Morgan fingerprint density at radius 3 is 2.74 bits per heavy atom. The zero-order valence-electron chi connectivity index (χ0n) is 10.4. The Hall–Kier alpha value is -1.16. The van der Waals surface area contributed by atoms with E-state index in [-0.39, 0.29) is 24.0 Å².